The number of hydrogen-bond acceptors (Lipinski definition) is 3. The van der Waals surface area contributed by atoms with E-state index in [1.54, 1.807) is 6.92 Å². The quantitative estimate of drug-likeness (QED) is 0.835. The molecular weight excluding hydrogens is 280 g/mol. The van der Waals surface area contributed by atoms with Crippen LogP contribution in [0.3, 0.4) is 0 Å². The largest absolute Gasteiger partial charge is 0.350 e. The van der Waals surface area contributed by atoms with E-state index < -0.39 is 6.04 Å². The lowest BCUT2D eigenvalue weighted by atomic mass is 9.67. The molecule has 0 heterocycles. The Morgan fingerprint density at radius 3 is 2.18 bits per heavy atom. The summed E-state index contributed by atoms with van der Waals surface area (Å²) in [6.07, 6.45) is 4.22. The Kier molecular flexibility index (Phi) is 4.93. The third-order valence-corrected chi connectivity index (χ3v) is 4.67. The smallest absolute Gasteiger partial charge is 0.242 e. The first-order valence-electron chi connectivity index (χ1n) is 8.33. The molecule has 0 saturated heterocycles. The van der Waals surface area contributed by atoms with Gasteiger partial charge in [-0.2, -0.15) is 0 Å². The fraction of sp³-hybridized carbons (Fsp3) is 0.824. The molecule has 2 amide bonds. The van der Waals surface area contributed by atoms with E-state index in [1.807, 2.05) is 20.8 Å². The Bertz CT molecular complexity index is 451. The normalized spacial score (nSPS) is 29.6. The van der Waals surface area contributed by atoms with E-state index in [0.29, 0.717) is 18.6 Å². The zero-order chi connectivity index (χ0) is 16.5. The molecule has 5 nitrogen and oxygen atoms in total. The van der Waals surface area contributed by atoms with Crippen LogP contribution >= 0.6 is 0 Å². The van der Waals surface area contributed by atoms with Crippen molar-refractivity contribution in [3.63, 3.8) is 0 Å². The molecule has 3 atom stereocenters. The summed E-state index contributed by atoms with van der Waals surface area (Å²) in [6, 6.07) is -0.552. The van der Waals surface area contributed by atoms with Gasteiger partial charge in [0.15, 0.2) is 0 Å². The predicted molar refractivity (Wildman–Crippen MR) is 84.1 cm³/mol. The molecule has 2 N–H and O–H groups in total. The van der Waals surface area contributed by atoms with Gasteiger partial charge >= 0.3 is 0 Å². The Labute approximate surface area is 132 Å². The fourth-order valence-electron chi connectivity index (χ4n) is 3.57. The van der Waals surface area contributed by atoms with Crippen molar-refractivity contribution < 1.29 is 14.4 Å². The predicted octanol–water partition coefficient (Wildman–Crippen LogP) is 1.80. The minimum atomic E-state index is -0.552. The van der Waals surface area contributed by atoms with Gasteiger partial charge in [0.25, 0.3) is 0 Å². The van der Waals surface area contributed by atoms with Gasteiger partial charge in [-0.1, -0.05) is 6.42 Å². The molecule has 0 aromatic carbocycles. The highest BCUT2D eigenvalue weighted by molar-refractivity contribution is 5.91. The molecule has 5 heteroatoms. The highest BCUT2D eigenvalue weighted by Gasteiger charge is 2.41. The maximum absolute atomic E-state index is 12.4. The van der Waals surface area contributed by atoms with Crippen LogP contribution in [-0.2, 0) is 14.4 Å². The lowest BCUT2D eigenvalue weighted by molar-refractivity contribution is -0.139. The number of fused-ring (bicyclic) bond motifs is 2. The van der Waals surface area contributed by atoms with Gasteiger partial charge in [0.05, 0.1) is 0 Å². The van der Waals surface area contributed by atoms with Crippen molar-refractivity contribution in [3.8, 4) is 0 Å². The number of Topliss-reactive ketones (excluding diaryl/α,β-unsaturated/α-hetero) is 1. The van der Waals surface area contributed by atoms with Crippen LogP contribution in [0.5, 0.6) is 0 Å². The van der Waals surface area contributed by atoms with Gasteiger partial charge in [0, 0.05) is 23.3 Å². The average molecular weight is 308 g/mol. The lowest BCUT2D eigenvalue weighted by Crippen LogP contribution is -2.52. The molecular formula is C17H28N2O3. The Morgan fingerprint density at radius 1 is 1.14 bits per heavy atom. The van der Waals surface area contributed by atoms with E-state index in [4.69, 9.17) is 0 Å². The number of carbonyl (C=O) groups excluding carboxylic acids is 3. The first-order valence-corrected chi connectivity index (χ1v) is 8.33. The van der Waals surface area contributed by atoms with Crippen LogP contribution in [0.1, 0.15) is 59.8 Å². The molecule has 0 aromatic rings. The summed E-state index contributed by atoms with van der Waals surface area (Å²) in [5.74, 6) is 0.0875. The molecule has 2 aliphatic rings. The molecule has 2 aliphatic carbocycles. The first-order chi connectivity index (χ1) is 10.2. The number of nitrogens with one attached hydrogen (secondary N) is 2. The van der Waals surface area contributed by atoms with Gasteiger partial charge in [-0.25, -0.2) is 0 Å². The zero-order valence-corrected chi connectivity index (χ0v) is 14.1. The van der Waals surface area contributed by atoms with E-state index in [-0.39, 0.29) is 35.1 Å². The summed E-state index contributed by atoms with van der Waals surface area (Å²) in [4.78, 5) is 36.5. The molecule has 0 spiro atoms. The van der Waals surface area contributed by atoms with Crippen LogP contribution < -0.4 is 10.6 Å². The molecule has 22 heavy (non-hydrogen) atoms. The molecule has 2 rings (SSSR count). The van der Waals surface area contributed by atoms with E-state index in [2.05, 4.69) is 10.6 Å². The minimum Gasteiger partial charge on any atom is -0.350 e. The van der Waals surface area contributed by atoms with Crippen molar-refractivity contribution in [2.75, 3.05) is 0 Å². The first kappa shape index (κ1) is 17.0. The van der Waals surface area contributed by atoms with Gasteiger partial charge < -0.3 is 10.6 Å². The third kappa shape index (κ3) is 4.08. The standard InChI is InChI=1S/C17H28N2O3/c1-10(15(21)19-17(2,3)4)18-16(22)13-8-11-6-5-7-12(9-13)14(11)20/h10-13H,5-9H2,1-4H3,(H,18,22)(H,19,21). The summed E-state index contributed by atoms with van der Waals surface area (Å²) in [5.41, 5.74) is -0.315. The van der Waals surface area contributed by atoms with Crippen molar-refractivity contribution in [2.24, 2.45) is 17.8 Å². The van der Waals surface area contributed by atoms with Gasteiger partial charge in [-0.05, 0) is 53.4 Å². The maximum atomic E-state index is 12.4. The van der Waals surface area contributed by atoms with Crippen molar-refractivity contribution in [1.29, 1.82) is 0 Å². The molecule has 2 bridgehead atoms. The van der Waals surface area contributed by atoms with Gasteiger partial charge in [0.2, 0.25) is 11.8 Å². The molecule has 0 aromatic heterocycles. The van der Waals surface area contributed by atoms with Crippen molar-refractivity contribution in [2.45, 2.75) is 71.4 Å². The van der Waals surface area contributed by atoms with Crippen LogP contribution in [-0.4, -0.2) is 29.2 Å². The van der Waals surface area contributed by atoms with Crippen LogP contribution in [0, 0.1) is 17.8 Å². The molecule has 2 saturated carbocycles. The molecule has 124 valence electrons. The number of rotatable bonds is 3. The fourth-order valence-corrected chi connectivity index (χ4v) is 3.57. The highest BCUT2D eigenvalue weighted by Crippen LogP contribution is 2.40. The topological polar surface area (TPSA) is 75.3 Å². The van der Waals surface area contributed by atoms with Crippen LogP contribution in [0.25, 0.3) is 0 Å². The summed E-state index contributed by atoms with van der Waals surface area (Å²) in [7, 11) is 0. The summed E-state index contributed by atoms with van der Waals surface area (Å²) < 4.78 is 0. The summed E-state index contributed by atoms with van der Waals surface area (Å²) in [6.45, 7) is 7.43. The van der Waals surface area contributed by atoms with Crippen LogP contribution in [0.4, 0.5) is 0 Å². The number of ketones is 1. The van der Waals surface area contributed by atoms with Crippen LogP contribution in [0.2, 0.25) is 0 Å². The van der Waals surface area contributed by atoms with Crippen molar-refractivity contribution in [1.82, 2.24) is 10.6 Å². The molecule has 0 aliphatic heterocycles. The van der Waals surface area contributed by atoms with E-state index >= 15 is 0 Å². The van der Waals surface area contributed by atoms with E-state index in [0.717, 1.165) is 19.3 Å². The number of hydrogen-bond donors (Lipinski definition) is 2. The summed E-state index contributed by atoms with van der Waals surface area (Å²) in [5, 5.41) is 5.68. The van der Waals surface area contributed by atoms with Crippen molar-refractivity contribution in [3.05, 3.63) is 0 Å². The van der Waals surface area contributed by atoms with E-state index in [9.17, 15) is 14.4 Å². The summed E-state index contributed by atoms with van der Waals surface area (Å²) >= 11 is 0. The van der Waals surface area contributed by atoms with Crippen LogP contribution in [0.15, 0.2) is 0 Å². The monoisotopic (exact) mass is 308 g/mol. The molecule has 0 radical (unpaired) electrons. The van der Waals surface area contributed by atoms with Gasteiger partial charge in [0.1, 0.15) is 11.8 Å². The second-order valence-electron chi connectivity index (χ2n) is 7.86. The minimum absolute atomic E-state index is 0.0574. The number of amides is 2. The SMILES string of the molecule is CC(NC(=O)C1CC2CCCC(C1)C2=O)C(=O)NC(C)(C)C. The van der Waals surface area contributed by atoms with Crippen molar-refractivity contribution >= 4 is 17.6 Å². The third-order valence-electron chi connectivity index (χ3n) is 4.67. The Morgan fingerprint density at radius 2 is 1.68 bits per heavy atom. The van der Waals surface area contributed by atoms with E-state index in [1.165, 1.54) is 0 Å². The Balaban J connectivity index is 1.90. The molecule has 2 fully saturated rings. The highest BCUT2D eigenvalue weighted by atomic mass is 16.2. The zero-order valence-electron chi connectivity index (χ0n) is 14.1. The second kappa shape index (κ2) is 6.39. The number of carbonyl (C=O) groups is 3. The lowest BCUT2D eigenvalue weighted by Gasteiger charge is -2.37. The van der Waals surface area contributed by atoms with Gasteiger partial charge in [-0.15, -0.1) is 0 Å². The maximum Gasteiger partial charge on any atom is 0.242 e. The average Bonchev–Trinajstić information content (AvgIpc) is 2.35. The van der Waals surface area contributed by atoms with Gasteiger partial charge in [-0.3, -0.25) is 14.4 Å². The second-order valence-corrected chi connectivity index (χ2v) is 7.86. The Hall–Kier alpha value is -1.39. The molecule has 3 unspecified atom stereocenters.